The van der Waals surface area contributed by atoms with Crippen LogP contribution in [-0.4, -0.2) is 5.92 Å². The van der Waals surface area contributed by atoms with E-state index in [0.29, 0.717) is 6.42 Å². The summed E-state index contributed by atoms with van der Waals surface area (Å²) in [6.07, 6.45) is 0.670. The molecule has 1 aromatic carbocycles. The van der Waals surface area contributed by atoms with Crippen LogP contribution in [0.4, 0.5) is 8.78 Å². The maximum absolute atomic E-state index is 12.9. The number of alkyl halides is 2. The second-order valence-electron chi connectivity index (χ2n) is 3.26. The fraction of sp³-hybridized carbons (Fsp3) is 0.400. The van der Waals surface area contributed by atoms with Crippen LogP contribution in [0.1, 0.15) is 24.3 Å². The highest BCUT2D eigenvalue weighted by atomic mass is 19.3. The Morgan fingerprint density at radius 3 is 2.25 bits per heavy atom. The van der Waals surface area contributed by atoms with E-state index in [1.165, 1.54) is 0 Å². The molecule has 0 spiro atoms. The van der Waals surface area contributed by atoms with Crippen molar-refractivity contribution in [2.45, 2.75) is 24.7 Å². The van der Waals surface area contributed by atoms with Crippen molar-refractivity contribution < 1.29 is 8.78 Å². The lowest BCUT2D eigenvalue weighted by Crippen LogP contribution is -2.36. The number of rotatable bonds is 1. The Labute approximate surface area is 70.2 Å². The van der Waals surface area contributed by atoms with Crippen molar-refractivity contribution in [2.24, 2.45) is 0 Å². The van der Waals surface area contributed by atoms with Gasteiger partial charge in [-0.2, -0.15) is 0 Å². The molecule has 1 saturated carbocycles. The summed E-state index contributed by atoms with van der Waals surface area (Å²) in [7, 11) is 0. The van der Waals surface area contributed by atoms with Crippen LogP contribution >= 0.6 is 0 Å². The van der Waals surface area contributed by atoms with Crippen LogP contribution in [-0.2, 0) is 0 Å². The second-order valence-corrected chi connectivity index (χ2v) is 3.26. The van der Waals surface area contributed by atoms with E-state index in [-0.39, 0.29) is 6.42 Å². The van der Waals surface area contributed by atoms with Gasteiger partial charge in [-0.1, -0.05) is 30.3 Å². The maximum atomic E-state index is 12.9. The van der Waals surface area contributed by atoms with Gasteiger partial charge in [0.1, 0.15) is 0 Å². The molecule has 0 nitrogen and oxygen atoms in total. The summed E-state index contributed by atoms with van der Waals surface area (Å²) in [4.78, 5) is 0. The van der Waals surface area contributed by atoms with Crippen LogP contribution in [0, 0.1) is 0 Å². The average Bonchev–Trinajstić information content (AvgIpc) is 2.05. The van der Waals surface area contributed by atoms with Crippen molar-refractivity contribution in [1.82, 2.24) is 0 Å². The highest BCUT2D eigenvalue weighted by Crippen LogP contribution is 2.49. The summed E-state index contributed by atoms with van der Waals surface area (Å²) in [6.45, 7) is 0. The lowest BCUT2D eigenvalue weighted by molar-refractivity contribution is -0.0962. The monoisotopic (exact) mass is 168 g/mol. The van der Waals surface area contributed by atoms with Crippen LogP contribution in [0.25, 0.3) is 0 Å². The minimum atomic E-state index is -2.46. The third kappa shape index (κ3) is 1.11. The van der Waals surface area contributed by atoms with Gasteiger partial charge in [0, 0.05) is 12.3 Å². The SMILES string of the molecule is FC1(F)CCC1c1ccccc1. The van der Waals surface area contributed by atoms with Crippen molar-refractivity contribution in [3.63, 3.8) is 0 Å². The molecule has 0 aliphatic heterocycles. The topological polar surface area (TPSA) is 0 Å². The van der Waals surface area contributed by atoms with Crippen molar-refractivity contribution in [3.8, 4) is 0 Å². The highest BCUT2D eigenvalue weighted by Gasteiger charge is 2.48. The van der Waals surface area contributed by atoms with Crippen molar-refractivity contribution in [3.05, 3.63) is 35.9 Å². The summed E-state index contributed by atoms with van der Waals surface area (Å²) >= 11 is 0. The molecular formula is C10H10F2. The molecule has 0 amide bonds. The third-order valence-electron chi connectivity index (χ3n) is 2.48. The Balaban J connectivity index is 2.22. The zero-order valence-corrected chi connectivity index (χ0v) is 6.63. The number of halogens is 2. The molecule has 64 valence electrons. The van der Waals surface area contributed by atoms with E-state index < -0.39 is 11.8 Å². The molecule has 0 aromatic heterocycles. The molecule has 2 heteroatoms. The van der Waals surface area contributed by atoms with Crippen molar-refractivity contribution in [1.29, 1.82) is 0 Å². The van der Waals surface area contributed by atoms with Crippen molar-refractivity contribution >= 4 is 0 Å². The molecule has 0 N–H and O–H groups in total. The predicted octanol–water partition coefficient (Wildman–Crippen LogP) is 3.20. The highest BCUT2D eigenvalue weighted by molar-refractivity contribution is 5.24. The Kier molecular flexibility index (Phi) is 1.63. The summed E-state index contributed by atoms with van der Waals surface area (Å²) in [5, 5.41) is 0. The number of hydrogen-bond donors (Lipinski definition) is 0. The zero-order valence-electron chi connectivity index (χ0n) is 6.63. The summed E-state index contributed by atoms with van der Waals surface area (Å²) in [6, 6.07) is 9.02. The van der Waals surface area contributed by atoms with Gasteiger partial charge in [-0.05, 0) is 12.0 Å². The summed E-state index contributed by atoms with van der Waals surface area (Å²) in [5.74, 6) is -2.99. The molecule has 1 aliphatic rings. The standard InChI is InChI=1S/C10H10F2/c11-10(12)7-6-9(10)8-4-2-1-3-5-8/h1-5,9H,6-7H2. The van der Waals surface area contributed by atoms with Crippen LogP contribution in [0.3, 0.4) is 0 Å². The minimum absolute atomic E-state index is 0.0482. The molecule has 2 rings (SSSR count). The largest absolute Gasteiger partial charge is 0.254 e. The van der Waals surface area contributed by atoms with Crippen LogP contribution < -0.4 is 0 Å². The molecule has 0 radical (unpaired) electrons. The van der Waals surface area contributed by atoms with Crippen LogP contribution in [0.5, 0.6) is 0 Å². The predicted molar refractivity (Wildman–Crippen MR) is 43.4 cm³/mol. The van der Waals surface area contributed by atoms with Gasteiger partial charge in [-0.25, -0.2) is 8.78 Å². The van der Waals surface area contributed by atoms with Crippen molar-refractivity contribution in [2.75, 3.05) is 0 Å². The van der Waals surface area contributed by atoms with E-state index in [2.05, 4.69) is 0 Å². The molecular weight excluding hydrogens is 158 g/mol. The molecule has 1 aromatic rings. The second kappa shape index (κ2) is 2.54. The smallest absolute Gasteiger partial charge is 0.206 e. The summed E-state index contributed by atoms with van der Waals surface area (Å²) in [5.41, 5.74) is 0.772. The van der Waals surface area contributed by atoms with E-state index in [0.717, 1.165) is 5.56 Å². The van der Waals surface area contributed by atoms with Gasteiger partial charge >= 0.3 is 0 Å². The first kappa shape index (κ1) is 7.71. The number of benzene rings is 1. The first-order chi connectivity index (χ1) is 5.70. The lowest BCUT2D eigenvalue weighted by atomic mass is 9.76. The van der Waals surface area contributed by atoms with E-state index in [1.807, 2.05) is 18.2 Å². The van der Waals surface area contributed by atoms with E-state index in [1.54, 1.807) is 12.1 Å². The molecule has 0 heterocycles. The van der Waals surface area contributed by atoms with E-state index in [9.17, 15) is 8.78 Å². The third-order valence-corrected chi connectivity index (χ3v) is 2.48. The van der Waals surface area contributed by atoms with Gasteiger partial charge in [0.25, 0.3) is 5.92 Å². The average molecular weight is 168 g/mol. The molecule has 1 fully saturated rings. The normalized spacial score (nSPS) is 26.3. The maximum Gasteiger partial charge on any atom is 0.254 e. The summed E-state index contributed by atoms with van der Waals surface area (Å²) < 4.78 is 25.8. The number of hydrogen-bond acceptors (Lipinski definition) is 0. The van der Waals surface area contributed by atoms with Gasteiger partial charge in [-0.15, -0.1) is 0 Å². The molecule has 1 unspecified atom stereocenters. The lowest BCUT2D eigenvalue weighted by Gasteiger charge is -2.36. The first-order valence-corrected chi connectivity index (χ1v) is 4.13. The Morgan fingerprint density at radius 2 is 1.83 bits per heavy atom. The van der Waals surface area contributed by atoms with Gasteiger partial charge in [0.15, 0.2) is 0 Å². The Bertz CT molecular complexity index is 266. The van der Waals surface area contributed by atoms with Crippen LogP contribution in [0.15, 0.2) is 30.3 Å². The fourth-order valence-corrected chi connectivity index (χ4v) is 1.60. The minimum Gasteiger partial charge on any atom is -0.206 e. The van der Waals surface area contributed by atoms with Gasteiger partial charge in [-0.3, -0.25) is 0 Å². The fourth-order valence-electron chi connectivity index (χ4n) is 1.60. The van der Waals surface area contributed by atoms with E-state index >= 15 is 0 Å². The zero-order chi connectivity index (χ0) is 8.60. The van der Waals surface area contributed by atoms with Gasteiger partial charge < -0.3 is 0 Å². The molecule has 0 saturated heterocycles. The first-order valence-electron chi connectivity index (χ1n) is 4.13. The molecule has 1 aliphatic carbocycles. The molecule has 12 heavy (non-hydrogen) atoms. The van der Waals surface area contributed by atoms with Gasteiger partial charge in [0.2, 0.25) is 0 Å². The molecule has 0 bridgehead atoms. The Hall–Kier alpha value is -0.920. The quantitative estimate of drug-likeness (QED) is 0.604. The van der Waals surface area contributed by atoms with Crippen LogP contribution in [0.2, 0.25) is 0 Å². The van der Waals surface area contributed by atoms with E-state index in [4.69, 9.17) is 0 Å². The molecule has 1 atom stereocenters. The Morgan fingerprint density at radius 1 is 1.17 bits per heavy atom. The van der Waals surface area contributed by atoms with Gasteiger partial charge in [0.05, 0.1) is 0 Å².